The van der Waals surface area contributed by atoms with Crippen molar-refractivity contribution >= 4 is 35.8 Å². The summed E-state index contributed by atoms with van der Waals surface area (Å²) in [6, 6.07) is 8.94. The van der Waals surface area contributed by atoms with E-state index in [2.05, 4.69) is 39.9 Å². The normalized spacial score (nSPS) is 16.1. The zero-order chi connectivity index (χ0) is 18.8. The molecule has 0 saturated heterocycles. The van der Waals surface area contributed by atoms with Crippen LogP contribution in [0.25, 0.3) is 0 Å². The van der Waals surface area contributed by atoms with E-state index >= 15 is 0 Å². The highest BCUT2D eigenvalue weighted by molar-refractivity contribution is 14.0. The van der Waals surface area contributed by atoms with Gasteiger partial charge in [-0.15, -0.1) is 24.0 Å². The van der Waals surface area contributed by atoms with Crippen LogP contribution < -0.4 is 10.6 Å². The van der Waals surface area contributed by atoms with Crippen LogP contribution in [0.4, 0.5) is 0 Å². The van der Waals surface area contributed by atoms with Gasteiger partial charge in [-0.2, -0.15) is 0 Å². The van der Waals surface area contributed by atoms with Gasteiger partial charge in [0.25, 0.3) is 0 Å². The van der Waals surface area contributed by atoms with Crippen LogP contribution in [0.15, 0.2) is 29.3 Å². The smallest absolute Gasteiger partial charge is 0.243 e. The molecule has 1 aliphatic carbocycles. The van der Waals surface area contributed by atoms with Crippen molar-refractivity contribution in [3.8, 4) is 0 Å². The maximum absolute atomic E-state index is 11.9. The Kier molecular flexibility index (Phi) is 11.3. The third-order valence-electron chi connectivity index (χ3n) is 4.52. The van der Waals surface area contributed by atoms with Crippen LogP contribution >= 0.6 is 24.0 Å². The molecule has 1 aromatic carbocycles. The Morgan fingerprint density at radius 1 is 1.30 bits per heavy atom. The van der Waals surface area contributed by atoms with Gasteiger partial charge in [0.05, 0.1) is 0 Å². The number of ether oxygens (including phenoxy) is 1. The highest BCUT2D eigenvalue weighted by Gasteiger charge is 2.19. The zero-order valence-electron chi connectivity index (χ0n) is 16.7. The van der Waals surface area contributed by atoms with Gasteiger partial charge in [0.1, 0.15) is 6.54 Å². The fourth-order valence-electron chi connectivity index (χ4n) is 2.98. The van der Waals surface area contributed by atoms with Gasteiger partial charge >= 0.3 is 0 Å². The first-order chi connectivity index (χ1) is 12.6. The maximum Gasteiger partial charge on any atom is 0.243 e. The minimum atomic E-state index is -0.00518. The quantitative estimate of drug-likeness (QED) is 0.255. The SMILES string of the molecule is CCOCCCNC(=NCC(=O)N(C)C)NC1CCc2ccccc2C1.I. The second-order valence-corrected chi connectivity index (χ2v) is 6.78. The number of likely N-dealkylation sites (N-methyl/N-ethyl adjacent to an activating group) is 1. The van der Waals surface area contributed by atoms with Crippen LogP contribution in [0.2, 0.25) is 0 Å². The molecule has 0 spiro atoms. The third-order valence-corrected chi connectivity index (χ3v) is 4.52. The number of aliphatic imine (C=N–C) groups is 1. The van der Waals surface area contributed by atoms with Crippen molar-refractivity contribution in [1.82, 2.24) is 15.5 Å². The molecule has 2 rings (SSSR count). The van der Waals surface area contributed by atoms with E-state index in [1.165, 1.54) is 11.1 Å². The molecule has 0 aliphatic heterocycles. The number of carbonyl (C=O) groups is 1. The fraction of sp³-hybridized carbons (Fsp3) is 0.600. The van der Waals surface area contributed by atoms with Gasteiger partial charge in [-0.1, -0.05) is 24.3 Å². The largest absolute Gasteiger partial charge is 0.382 e. The second kappa shape index (κ2) is 12.9. The highest BCUT2D eigenvalue weighted by atomic mass is 127. The van der Waals surface area contributed by atoms with Crippen molar-refractivity contribution in [2.24, 2.45) is 4.99 Å². The number of carbonyl (C=O) groups excluding carboxylic acids is 1. The van der Waals surface area contributed by atoms with Crippen molar-refractivity contribution in [2.75, 3.05) is 40.4 Å². The number of nitrogens with zero attached hydrogens (tertiary/aromatic N) is 2. The van der Waals surface area contributed by atoms with E-state index in [4.69, 9.17) is 4.74 Å². The average molecular weight is 488 g/mol. The van der Waals surface area contributed by atoms with E-state index in [9.17, 15) is 4.79 Å². The number of rotatable bonds is 8. The first-order valence-corrected chi connectivity index (χ1v) is 9.49. The van der Waals surface area contributed by atoms with Crippen LogP contribution in [-0.4, -0.2) is 63.2 Å². The summed E-state index contributed by atoms with van der Waals surface area (Å²) in [4.78, 5) is 17.9. The lowest BCUT2D eigenvalue weighted by Gasteiger charge is -2.27. The zero-order valence-corrected chi connectivity index (χ0v) is 19.0. The Morgan fingerprint density at radius 2 is 2.04 bits per heavy atom. The molecule has 1 unspecified atom stereocenters. The van der Waals surface area contributed by atoms with Crippen molar-refractivity contribution in [3.05, 3.63) is 35.4 Å². The third kappa shape index (κ3) is 8.47. The molecule has 0 bridgehead atoms. The number of fused-ring (bicyclic) bond motifs is 1. The number of nitrogens with one attached hydrogen (secondary N) is 2. The predicted molar refractivity (Wildman–Crippen MR) is 121 cm³/mol. The minimum absolute atomic E-state index is 0. The van der Waals surface area contributed by atoms with E-state index in [1.54, 1.807) is 19.0 Å². The Hall–Kier alpha value is -1.35. The van der Waals surface area contributed by atoms with E-state index in [0.29, 0.717) is 12.0 Å². The molecule has 0 radical (unpaired) electrons. The molecule has 0 heterocycles. The van der Waals surface area contributed by atoms with Crippen LogP contribution in [0.3, 0.4) is 0 Å². The van der Waals surface area contributed by atoms with Crippen LogP contribution in [0.5, 0.6) is 0 Å². The molecule has 1 atom stereocenters. The van der Waals surface area contributed by atoms with E-state index in [0.717, 1.165) is 45.4 Å². The fourth-order valence-corrected chi connectivity index (χ4v) is 2.98. The molecule has 0 fully saturated rings. The van der Waals surface area contributed by atoms with E-state index < -0.39 is 0 Å². The lowest BCUT2D eigenvalue weighted by Crippen LogP contribution is -2.46. The number of hydrogen-bond acceptors (Lipinski definition) is 3. The monoisotopic (exact) mass is 488 g/mol. The molecule has 1 amide bonds. The topological polar surface area (TPSA) is 66.0 Å². The average Bonchev–Trinajstić information content (AvgIpc) is 2.65. The van der Waals surface area contributed by atoms with Gasteiger partial charge in [-0.3, -0.25) is 4.79 Å². The van der Waals surface area contributed by atoms with Crippen molar-refractivity contribution in [3.63, 3.8) is 0 Å². The number of hydrogen-bond donors (Lipinski definition) is 2. The molecule has 1 aromatic rings. The Balaban J connectivity index is 0.00000364. The van der Waals surface area contributed by atoms with Crippen LogP contribution in [0.1, 0.15) is 30.9 Å². The molecule has 2 N–H and O–H groups in total. The van der Waals surface area contributed by atoms with Crippen molar-refractivity contribution < 1.29 is 9.53 Å². The standard InChI is InChI=1S/C20H32N4O2.HI/c1-4-26-13-7-12-21-20(22-15-19(25)24(2)3)23-18-11-10-16-8-5-6-9-17(16)14-18;/h5-6,8-9,18H,4,7,10-15H2,1-3H3,(H2,21,22,23);1H. The molecular formula is C20H33IN4O2. The van der Waals surface area contributed by atoms with Gasteiger partial charge < -0.3 is 20.3 Å². The lowest BCUT2D eigenvalue weighted by atomic mass is 9.88. The Bertz CT molecular complexity index is 607. The molecular weight excluding hydrogens is 455 g/mol. The molecule has 6 nitrogen and oxygen atoms in total. The maximum atomic E-state index is 11.9. The highest BCUT2D eigenvalue weighted by Crippen LogP contribution is 2.20. The van der Waals surface area contributed by atoms with Crippen LogP contribution in [0, 0.1) is 0 Å². The number of aryl methyl sites for hydroxylation is 1. The number of benzene rings is 1. The van der Waals surface area contributed by atoms with Crippen LogP contribution in [-0.2, 0) is 22.4 Å². The molecule has 0 saturated carbocycles. The number of amides is 1. The second-order valence-electron chi connectivity index (χ2n) is 6.78. The first kappa shape index (κ1) is 23.7. The van der Waals surface area contributed by atoms with Gasteiger partial charge in [0.2, 0.25) is 5.91 Å². The molecule has 1 aliphatic rings. The summed E-state index contributed by atoms with van der Waals surface area (Å²) in [7, 11) is 3.50. The molecule has 7 heteroatoms. The number of halogens is 1. The molecule has 0 aromatic heterocycles. The summed E-state index contributed by atoms with van der Waals surface area (Å²) in [6.07, 6.45) is 4.03. The summed E-state index contributed by atoms with van der Waals surface area (Å²) in [6.45, 7) is 4.38. The summed E-state index contributed by atoms with van der Waals surface area (Å²) in [5.74, 6) is 0.704. The van der Waals surface area contributed by atoms with Gasteiger partial charge in [0, 0.05) is 39.9 Å². The summed E-state index contributed by atoms with van der Waals surface area (Å²) in [5, 5.41) is 6.84. The van der Waals surface area contributed by atoms with Crippen molar-refractivity contribution in [2.45, 2.75) is 38.6 Å². The van der Waals surface area contributed by atoms with Crippen molar-refractivity contribution in [1.29, 1.82) is 0 Å². The van der Waals surface area contributed by atoms with E-state index in [1.807, 2.05) is 6.92 Å². The Labute approximate surface area is 180 Å². The van der Waals surface area contributed by atoms with Gasteiger partial charge in [0.15, 0.2) is 5.96 Å². The summed E-state index contributed by atoms with van der Waals surface area (Å²) < 4.78 is 5.37. The minimum Gasteiger partial charge on any atom is -0.382 e. The Morgan fingerprint density at radius 3 is 2.74 bits per heavy atom. The first-order valence-electron chi connectivity index (χ1n) is 9.49. The van der Waals surface area contributed by atoms with Gasteiger partial charge in [-0.25, -0.2) is 4.99 Å². The predicted octanol–water partition coefficient (Wildman–Crippen LogP) is 2.21. The van der Waals surface area contributed by atoms with E-state index in [-0.39, 0.29) is 36.4 Å². The van der Waals surface area contributed by atoms with Gasteiger partial charge in [-0.05, 0) is 43.7 Å². The number of guanidine groups is 1. The lowest BCUT2D eigenvalue weighted by molar-refractivity contribution is -0.127. The summed E-state index contributed by atoms with van der Waals surface area (Å²) >= 11 is 0. The summed E-state index contributed by atoms with van der Waals surface area (Å²) in [5.41, 5.74) is 2.84. The molecule has 152 valence electrons. The molecule has 27 heavy (non-hydrogen) atoms.